The number of nitrogens with two attached hydrogens (primary N) is 1. The summed E-state index contributed by atoms with van der Waals surface area (Å²) in [5.74, 6) is -0.959. The Labute approximate surface area is 172 Å². The van der Waals surface area contributed by atoms with Gasteiger partial charge in [0.15, 0.2) is 11.4 Å². The first kappa shape index (κ1) is 19.8. The van der Waals surface area contributed by atoms with E-state index in [0.29, 0.717) is 18.0 Å². The molecule has 0 bridgehead atoms. The van der Waals surface area contributed by atoms with Gasteiger partial charge in [-0.1, -0.05) is 0 Å². The van der Waals surface area contributed by atoms with Crippen LogP contribution in [0.15, 0.2) is 35.2 Å². The van der Waals surface area contributed by atoms with E-state index < -0.39 is 11.8 Å². The Kier molecular flexibility index (Phi) is 5.57. The quantitative estimate of drug-likeness (QED) is 0.608. The molecule has 3 aromatic rings. The Morgan fingerprint density at radius 1 is 1.40 bits per heavy atom. The zero-order valence-electron chi connectivity index (χ0n) is 16.5. The number of hydrogen-bond donors (Lipinski definition) is 2. The van der Waals surface area contributed by atoms with E-state index in [-0.39, 0.29) is 23.2 Å². The molecule has 4 rings (SSSR count). The minimum absolute atomic E-state index is 0.0100. The molecule has 0 aliphatic carbocycles. The number of carbonyl (C=O) groups is 2. The number of rotatable bonds is 7. The number of nitrogens with one attached hydrogen (secondary N) is 1. The van der Waals surface area contributed by atoms with Crippen LogP contribution in [0.1, 0.15) is 45.9 Å². The largest absolute Gasteiger partial charge is 0.444 e. The van der Waals surface area contributed by atoms with Gasteiger partial charge in [-0.15, -0.1) is 0 Å². The first-order valence-electron chi connectivity index (χ1n) is 9.68. The summed E-state index contributed by atoms with van der Waals surface area (Å²) in [4.78, 5) is 32.7. The van der Waals surface area contributed by atoms with E-state index in [1.54, 1.807) is 29.2 Å². The second kappa shape index (κ2) is 8.46. The van der Waals surface area contributed by atoms with Crippen molar-refractivity contribution in [2.24, 2.45) is 5.73 Å². The first-order chi connectivity index (χ1) is 14.5. The second-order valence-electron chi connectivity index (χ2n) is 7.12. The molecule has 1 unspecified atom stereocenters. The minimum atomic E-state index is -0.728. The van der Waals surface area contributed by atoms with Gasteiger partial charge in [0.2, 0.25) is 5.89 Å². The summed E-state index contributed by atoms with van der Waals surface area (Å²) in [5, 5.41) is 6.84. The number of aromatic nitrogens is 4. The number of nitrogens with zero attached hydrogens (tertiary/aromatic N) is 4. The molecule has 1 aliphatic rings. The van der Waals surface area contributed by atoms with Gasteiger partial charge >= 0.3 is 0 Å². The lowest BCUT2D eigenvalue weighted by Crippen LogP contribution is -2.18. The molecule has 10 nitrogen and oxygen atoms in total. The molecule has 0 aromatic carbocycles. The van der Waals surface area contributed by atoms with Crippen molar-refractivity contribution < 1.29 is 18.7 Å². The van der Waals surface area contributed by atoms with Crippen LogP contribution >= 0.6 is 0 Å². The lowest BCUT2D eigenvalue weighted by atomic mass is 10.2. The van der Waals surface area contributed by atoms with Crippen molar-refractivity contribution in [2.45, 2.75) is 38.8 Å². The highest BCUT2D eigenvalue weighted by Crippen LogP contribution is 2.21. The van der Waals surface area contributed by atoms with Crippen LogP contribution in [0.2, 0.25) is 0 Å². The molecule has 0 spiro atoms. The van der Waals surface area contributed by atoms with Gasteiger partial charge in [0.05, 0.1) is 11.8 Å². The number of primary amides is 1. The van der Waals surface area contributed by atoms with E-state index in [2.05, 4.69) is 20.4 Å². The van der Waals surface area contributed by atoms with Crippen LogP contribution in [0.4, 0.5) is 5.69 Å². The predicted molar refractivity (Wildman–Crippen MR) is 107 cm³/mol. The van der Waals surface area contributed by atoms with Gasteiger partial charge in [0.25, 0.3) is 11.8 Å². The molecule has 10 heteroatoms. The van der Waals surface area contributed by atoms with Crippen molar-refractivity contribution in [3.63, 3.8) is 0 Å². The average molecular weight is 410 g/mol. The summed E-state index contributed by atoms with van der Waals surface area (Å²) < 4.78 is 12.6. The maximum atomic E-state index is 12.6. The van der Waals surface area contributed by atoms with E-state index in [0.717, 1.165) is 31.6 Å². The number of oxazole rings is 1. The van der Waals surface area contributed by atoms with E-state index in [9.17, 15) is 9.59 Å². The van der Waals surface area contributed by atoms with Gasteiger partial charge < -0.3 is 20.2 Å². The molecule has 1 fully saturated rings. The number of carbonyl (C=O) groups excluding carboxylic acids is 2. The van der Waals surface area contributed by atoms with Crippen molar-refractivity contribution >= 4 is 17.5 Å². The highest BCUT2D eigenvalue weighted by atomic mass is 16.5. The monoisotopic (exact) mass is 410 g/mol. The first-order valence-corrected chi connectivity index (χ1v) is 9.68. The Balaban J connectivity index is 1.47. The molecule has 0 radical (unpaired) electrons. The van der Waals surface area contributed by atoms with Gasteiger partial charge in [0.1, 0.15) is 6.26 Å². The molecule has 4 heterocycles. The van der Waals surface area contributed by atoms with Gasteiger partial charge in [0, 0.05) is 36.8 Å². The Morgan fingerprint density at radius 3 is 3.00 bits per heavy atom. The number of ether oxygens (including phenoxy) is 1. The predicted octanol–water partition coefficient (Wildman–Crippen LogP) is 2.16. The number of amides is 2. The zero-order valence-corrected chi connectivity index (χ0v) is 16.5. The van der Waals surface area contributed by atoms with Gasteiger partial charge in [-0.2, -0.15) is 5.10 Å². The van der Waals surface area contributed by atoms with Crippen LogP contribution in [-0.2, 0) is 11.3 Å². The molecular weight excluding hydrogens is 388 g/mol. The lowest BCUT2D eigenvalue weighted by Gasteiger charge is -2.08. The van der Waals surface area contributed by atoms with Crippen LogP contribution in [0, 0.1) is 6.92 Å². The van der Waals surface area contributed by atoms with Crippen molar-refractivity contribution in [3.05, 3.63) is 47.9 Å². The Hall–Kier alpha value is -3.53. The summed E-state index contributed by atoms with van der Waals surface area (Å²) in [6.45, 7) is 3.18. The second-order valence-corrected chi connectivity index (χ2v) is 7.12. The third-order valence-corrected chi connectivity index (χ3v) is 4.83. The third-order valence-electron chi connectivity index (χ3n) is 4.83. The average Bonchev–Trinajstić information content (AvgIpc) is 3.47. The number of aryl methyl sites for hydroxylation is 2. The zero-order chi connectivity index (χ0) is 21.1. The highest BCUT2D eigenvalue weighted by molar-refractivity contribution is 6.07. The highest BCUT2D eigenvalue weighted by Gasteiger charge is 2.21. The van der Waals surface area contributed by atoms with Crippen LogP contribution < -0.4 is 11.1 Å². The van der Waals surface area contributed by atoms with Crippen LogP contribution in [0.5, 0.6) is 0 Å². The summed E-state index contributed by atoms with van der Waals surface area (Å²) in [5.41, 5.74) is 7.22. The Morgan fingerprint density at radius 2 is 2.27 bits per heavy atom. The van der Waals surface area contributed by atoms with Crippen molar-refractivity contribution in [2.75, 3.05) is 11.9 Å². The minimum Gasteiger partial charge on any atom is -0.444 e. The van der Waals surface area contributed by atoms with E-state index in [1.165, 1.54) is 6.26 Å². The normalized spacial score (nSPS) is 16.0. The van der Waals surface area contributed by atoms with E-state index in [4.69, 9.17) is 14.9 Å². The summed E-state index contributed by atoms with van der Waals surface area (Å²) in [6, 6.07) is 3.54. The molecule has 30 heavy (non-hydrogen) atoms. The molecule has 156 valence electrons. The molecule has 1 atom stereocenters. The fourth-order valence-electron chi connectivity index (χ4n) is 3.33. The molecular formula is C20H22N6O4. The number of anilines is 1. The standard InChI is InChI=1S/C20H22N6O4/c1-12-9-13(4-6-22-12)20-24-16(11-30-20)19(28)23-15-10-26(25-17(15)18(21)27)7-5-14-3-2-8-29-14/h4,6,9-11,14H,2-3,5,7-8H2,1H3,(H2,21,27)(H,23,28). The summed E-state index contributed by atoms with van der Waals surface area (Å²) in [7, 11) is 0. The van der Waals surface area contributed by atoms with Crippen LogP contribution in [0.3, 0.4) is 0 Å². The van der Waals surface area contributed by atoms with Gasteiger partial charge in [-0.25, -0.2) is 4.98 Å². The summed E-state index contributed by atoms with van der Waals surface area (Å²) in [6.07, 6.45) is 7.50. The Bertz CT molecular complexity index is 1070. The number of pyridine rings is 1. The smallest absolute Gasteiger partial charge is 0.277 e. The van der Waals surface area contributed by atoms with Crippen molar-refractivity contribution in [1.29, 1.82) is 0 Å². The van der Waals surface area contributed by atoms with Crippen molar-refractivity contribution in [3.8, 4) is 11.5 Å². The molecule has 2 amide bonds. The van der Waals surface area contributed by atoms with E-state index in [1.807, 2.05) is 6.92 Å². The molecule has 1 saturated heterocycles. The number of hydrogen-bond acceptors (Lipinski definition) is 7. The maximum absolute atomic E-state index is 12.6. The molecule has 3 N–H and O–H groups in total. The van der Waals surface area contributed by atoms with Crippen LogP contribution in [-0.4, -0.2) is 44.3 Å². The third kappa shape index (κ3) is 4.38. The SMILES string of the molecule is Cc1cc(-c2nc(C(=O)Nc3cn(CCC4CCCO4)nc3C(N)=O)co2)ccn1. The topological polar surface area (TPSA) is 138 Å². The molecule has 1 aliphatic heterocycles. The van der Waals surface area contributed by atoms with Gasteiger partial charge in [-0.3, -0.25) is 19.3 Å². The fourth-order valence-corrected chi connectivity index (χ4v) is 3.33. The maximum Gasteiger partial charge on any atom is 0.277 e. The fraction of sp³-hybridized carbons (Fsp3) is 0.350. The summed E-state index contributed by atoms with van der Waals surface area (Å²) >= 11 is 0. The molecule has 3 aromatic heterocycles. The van der Waals surface area contributed by atoms with Gasteiger partial charge in [-0.05, 0) is 38.3 Å². The van der Waals surface area contributed by atoms with Crippen LogP contribution in [0.25, 0.3) is 11.5 Å². The van der Waals surface area contributed by atoms with E-state index >= 15 is 0 Å². The lowest BCUT2D eigenvalue weighted by molar-refractivity contribution is 0.0984. The van der Waals surface area contributed by atoms with Crippen molar-refractivity contribution in [1.82, 2.24) is 19.7 Å². The molecule has 0 saturated carbocycles.